The Morgan fingerprint density at radius 2 is 2.00 bits per heavy atom. The van der Waals surface area contributed by atoms with Crippen LogP contribution in [0.1, 0.15) is 24.0 Å². The van der Waals surface area contributed by atoms with Crippen LogP contribution in [0.2, 0.25) is 0 Å². The van der Waals surface area contributed by atoms with Crippen molar-refractivity contribution in [3.63, 3.8) is 0 Å². The van der Waals surface area contributed by atoms with E-state index in [9.17, 15) is 0 Å². The maximum absolute atomic E-state index is 8.69. The van der Waals surface area contributed by atoms with E-state index >= 15 is 0 Å². The Morgan fingerprint density at radius 3 is 2.80 bits per heavy atom. The van der Waals surface area contributed by atoms with Crippen LogP contribution in [-0.4, -0.2) is 53.7 Å². The Hall–Kier alpha value is -1.34. The number of piperazine rings is 1. The predicted molar refractivity (Wildman–Crippen MR) is 80.3 cm³/mol. The van der Waals surface area contributed by atoms with Gasteiger partial charge in [-0.1, -0.05) is 24.0 Å². The summed E-state index contributed by atoms with van der Waals surface area (Å²) in [5.41, 5.74) is 2.33. The minimum absolute atomic E-state index is 0.0760. The monoisotopic (exact) mass is 270 g/mol. The van der Waals surface area contributed by atoms with Crippen molar-refractivity contribution in [2.45, 2.75) is 25.4 Å². The van der Waals surface area contributed by atoms with Crippen LogP contribution < -0.4 is 0 Å². The van der Waals surface area contributed by atoms with Crippen LogP contribution in [0.3, 0.4) is 0 Å². The summed E-state index contributed by atoms with van der Waals surface area (Å²) in [6, 6.07) is 9.19. The van der Waals surface area contributed by atoms with Gasteiger partial charge in [-0.25, -0.2) is 0 Å². The number of nitrogens with zero attached hydrogens (tertiary/aromatic N) is 2. The van der Waals surface area contributed by atoms with Gasteiger partial charge in [0.1, 0.15) is 6.61 Å². The third-order valence-electron chi connectivity index (χ3n) is 4.34. The van der Waals surface area contributed by atoms with Gasteiger partial charge in [0.2, 0.25) is 0 Å². The molecule has 20 heavy (non-hydrogen) atoms. The normalized spacial score (nSPS) is 23.1. The van der Waals surface area contributed by atoms with Crippen LogP contribution >= 0.6 is 0 Å². The molecule has 3 heteroatoms. The summed E-state index contributed by atoms with van der Waals surface area (Å²) in [7, 11) is 0. The van der Waals surface area contributed by atoms with Crippen molar-refractivity contribution >= 4 is 0 Å². The predicted octanol–water partition coefficient (Wildman–Crippen LogP) is 1.31. The van der Waals surface area contributed by atoms with Crippen molar-refractivity contribution in [2.75, 3.05) is 32.8 Å². The van der Waals surface area contributed by atoms with E-state index in [0.29, 0.717) is 0 Å². The molecule has 106 valence electrons. The summed E-state index contributed by atoms with van der Waals surface area (Å²) in [4.78, 5) is 5.21. The molecule has 2 fully saturated rings. The summed E-state index contributed by atoms with van der Waals surface area (Å²) >= 11 is 0. The fraction of sp³-hybridized carbons (Fsp3) is 0.529. The van der Waals surface area contributed by atoms with Gasteiger partial charge in [0, 0.05) is 37.8 Å². The number of rotatable bonds is 2. The molecular weight excluding hydrogens is 248 g/mol. The van der Waals surface area contributed by atoms with Crippen LogP contribution in [0.25, 0.3) is 0 Å². The molecule has 1 atom stereocenters. The Labute approximate surface area is 121 Å². The lowest BCUT2D eigenvalue weighted by Gasteiger charge is -2.37. The summed E-state index contributed by atoms with van der Waals surface area (Å²) in [5, 5.41) is 8.69. The number of aliphatic hydroxyl groups is 1. The maximum Gasteiger partial charge on any atom is 0.104 e. The van der Waals surface area contributed by atoms with E-state index in [0.717, 1.165) is 18.2 Å². The van der Waals surface area contributed by atoms with Gasteiger partial charge in [0.15, 0.2) is 0 Å². The third kappa shape index (κ3) is 3.21. The Balaban J connectivity index is 1.57. The largest absolute Gasteiger partial charge is 0.384 e. The number of aliphatic hydroxyl groups excluding tert-OH is 1. The molecular formula is C17H22N2O. The molecule has 2 aliphatic heterocycles. The first-order valence-corrected chi connectivity index (χ1v) is 7.50. The van der Waals surface area contributed by atoms with E-state index in [1.807, 2.05) is 12.1 Å². The molecule has 0 aromatic heterocycles. The summed E-state index contributed by atoms with van der Waals surface area (Å²) in [5.74, 6) is 5.62. The zero-order valence-corrected chi connectivity index (χ0v) is 11.9. The number of fused-ring (bicyclic) bond motifs is 1. The second kappa shape index (κ2) is 6.41. The topological polar surface area (TPSA) is 26.7 Å². The molecule has 0 aliphatic carbocycles. The van der Waals surface area contributed by atoms with Crippen molar-refractivity contribution in [3.8, 4) is 11.8 Å². The minimum atomic E-state index is -0.0760. The van der Waals surface area contributed by atoms with E-state index in [1.165, 1.54) is 44.6 Å². The molecule has 0 bridgehead atoms. The van der Waals surface area contributed by atoms with Crippen molar-refractivity contribution in [1.29, 1.82) is 0 Å². The molecule has 0 saturated carbocycles. The molecule has 2 heterocycles. The fourth-order valence-electron chi connectivity index (χ4n) is 3.29. The molecule has 3 rings (SSSR count). The second-order valence-corrected chi connectivity index (χ2v) is 5.72. The number of hydrogen-bond donors (Lipinski definition) is 1. The first kappa shape index (κ1) is 13.6. The standard InChI is InChI=1S/C17H22N2O/c20-12-2-3-15-5-7-16(8-6-15)13-18-10-11-19-9-1-4-17(19)14-18/h5-8,17,20H,1,4,9-14H2. The highest BCUT2D eigenvalue weighted by atomic mass is 16.2. The average Bonchev–Trinajstić information content (AvgIpc) is 2.94. The zero-order chi connectivity index (χ0) is 13.8. The van der Waals surface area contributed by atoms with Gasteiger partial charge in [-0.3, -0.25) is 9.80 Å². The smallest absolute Gasteiger partial charge is 0.104 e. The molecule has 1 aromatic carbocycles. The first-order chi connectivity index (χ1) is 9.85. The van der Waals surface area contributed by atoms with Crippen molar-refractivity contribution in [2.24, 2.45) is 0 Å². The van der Waals surface area contributed by atoms with Crippen molar-refractivity contribution in [3.05, 3.63) is 35.4 Å². The van der Waals surface area contributed by atoms with Gasteiger partial charge in [-0.2, -0.15) is 0 Å². The summed E-state index contributed by atoms with van der Waals surface area (Å²) in [6.07, 6.45) is 2.74. The Bertz CT molecular complexity index is 500. The van der Waals surface area contributed by atoms with E-state index in [4.69, 9.17) is 5.11 Å². The minimum Gasteiger partial charge on any atom is -0.384 e. The van der Waals surface area contributed by atoms with Crippen LogP contribution in [-0.2, 0) is 6.54 Å². The molecule has 3 nitrogen and oxygen atoms in total. The van der Waals surface area contributed by atoms with Crippen molar-refractivity contribution < 1.29 is 5.11 Å². The molecule has 2 saturated heterocycles. The van der Waals surface area contributed by atoms with E-state index in [1.54, 1.807) is 0 Å². The highest BCUT2D eigenvalue weighted by Crippen LogP contribution is 2.22. The zero-order valence-electron chi connectivity index (χ0n) is 11.9. The van der Waals surface area contributed by atoms with Crippen molar-refractivity contribution in [1.82, 2.24) is 9.80 Å². The van der Waals surface area contributed by atoms with Gasteiger partial charge in [0.05, 0.1) is 0 Å². The number of hydrogen-bond acceptors (Lipinski definition) is 3. The molecule has 0 spiro atoms. The lowest BCUT2D eigenvalue weighted by Crippen LogP contribution is -2.49. The highest BCUT2D eigenvalue weighted by Gasteiger charge is 2.30. The molecule has 0 radical (unpaired) electrons. The molecule has 1 N–H and O–H groups in total. The Kier molecular flexibility index (Phi) is 4.37. The van der Waals surface area contributed by atoms with Gasteiger partial charge >= 0.3 is 0 Å². The van der Waals surface area contributed by atoms with Gasteiger partial charge in [-0.15, -0.1) is 0 Å². The Morgan fingerprint density at radius 1 is 1.15 bits per heavy atom. The van der Waals surface area contributed by atoms with E-state index in [-0.39, 0.29) is 6.61 Å². The molecule has 2 aliphatic rings. The summed E-state index contributed by atoms with van der Waals surface area (Å²) in [6.45, 7) is 5.89. The number of benzene rings is 1. The SMILES string of the molecule is OCC#Cc1ccc(CN2CCN3CCCC3C2)cc1. The molecule has 1 aromatic rings. The van der Waals surface area contributed by atoms with E-state index < -0.39 is 0 Å². The van der Waals surface area contributed by atoms with Gasteiger partial charge in [-0.05, 0) is 37.1 Å². The van der Waals surface area contributed by atoms with Crippen LogP contribution in [0.4, 0.5) is 0 Å². The van der Waals surface area contributed by atoms with Crippen LogP contribution in [0.15, 0.2) is 24.3 Å². The molecule has 0 amide bonds. The first-order valence-electron chi connectivity index (χ1n) is 7.50. The third-order valence-corrected chi connectivity index (χ3v) is 4.34. The van der Waals surface area contributed by atoms with Gasteiger partial charge < -0.3 is 5.11 Å². The van der Waals surface area contributed by atoms with E-state index in [2.05, 4.69) is 33.8 Å². The summed E-state index contributed by atoms with van der Waals surface area (Å²) < 4.78 is 0. The average molecular weight is 270 g/mol. The fourth-order valence-corrected chi connectivity index (χ4v) is 3.29. The maximum atomic E-state index is 8.69. The lowest BCUT2D eigenvalue weighted by molar-refractivity contribution is 0.0994. The van der Waals surface area contributed by atoms with Crippen LogP contribution in [0.5, 0.6) is 0 Å². The lowest BCUT2D eigenvalue weighted by atomic mass is 10.1. The quantitative estimate of drug-likeness (QED) is 0.821. The van der Waals surface area contributed by atoms with Gasteiger partial charge in [0.25, 0.3) is 0 Å². The molecule has 1 unspecified atom stereocenters. The van der Waals surface area contributed by atoms with Crippen LogP contribution in [0, 0.1) is 11.8 Å². The second-order valence-electron chi connectivity index (χ2n) is 5.72. The highest BCUT2D eigenvalue weighted by molar-refractivity contribution is 5.36.